The molecule has 1 fully saturated rings. The molecule has 3 rings (SSSR count). The van der Waals surface area contributed by atoms with Gasteiger partial charge in [0, 0.05) is 30.0 Å². The van der Waals surface area contributed by atoms with Gasteiger partial charge in [-0.15, -0.1) is 11.6 Å². The third-order valence-electron chi connectivity index (χ3n) is 5.27. The van der Waals surface area contributed by atoms with Crippen LogP contribution in [0.4, 0.5) is 0 Å². The summed E-state index contributed by atoms with van der Waals surface area (Å²) in [6.45, 7) is 0.191. The number of aromatic nitrogens is 1. The molecule has 154 valence electrons. The number of halogens is 2. The molecule has 0 radical (unpaired) electrons. The van der Waals surface area contributed by atoms with Gasteiger partial charge in [0.25, 0.3) is 0 Å². The predicted molar refractivity (Wildman–Crippen MR) is 115 cm³/mol. The van der Waals surface area contributed by atoms with E-state index < -0.39 is 6.04 Å². The number of nitrogens with one attached hydrogen (secondary N) is 1. The summed E-state index contributed by atoms with van der Waals surface area (Å²) in [7, 11) is 0. The van der Waals surface area contributed by atoms with Crippen LogP contribution in [-0.2, 0) is 16.1 Å². The van der Waals surface area contributed by atoms with Crippen molar-refractivity contribution in [2.24, 2.45) is 0 Å². The van der Waals surface area contributed by atoms with E-state index in [9.17, 15) is 9.59 Å². The van der Waals surface area contributed by atoms with Gasteiger partial charge in [0.15, 0.2) is 0 Å². The molecule has 0 spiro atoms. The van der Waals surface area contributed by atoms with E-state index in [1.54, 1.807) is 30.6 Å². The van der Waals surface area contributed by atoms with Crippen molar-refractivity contribution >= 4 is 35.0 Å². The largest absolute Gasteiger partial charge is 0.351 e. The molecule has 7 heteroatoms. The van der Waals surface area contributed by atoms with Crippen molar-refractivity contribution in [2.75, 3.05) is 5.88 Å². The number of carbonyl (C=O) groups excluding carboxylic acids is 2. The van der Waals surface area contributed by atoms with Gasteiger partial charge in [-0.25, -0.2) is 0 Å². The van der Waals surface area contributed by atoms with Gasteiger partial charge in [0.1, 0.15) is 11.9 Å². The van der Waals surface area contributed by atoms with Crippen molar-refractivity contribution in [1.82, 2.24) is 15.2 Å². The van der Waals surface area contributed by atoms with Crippen LogP contribution in [0.1, 0.15) is 49.3 Å². The van der Waals surface area contributed by atoms with Gasteiger partial charge in [-0.1, -0.05) is 49.1 Å². The Morgan fingerprint density at radius 2 is 1.79 bits per heavy atom. The van der Waals surface area contributed by atoms with Crippen LogP contribution in [-0.4, -0.2) is 33.6 Å². The first-order chi connectivity index (χ1) is 14.1. The van der Waals surface area contributed by atoms with E-state index in [-0.39, 0.29) is 30.3 Å². The van der Waals surface area contributed by atoms with Gasteiger partial charge < -0.3 is 10.2 Å². The molecular formula is C22H25Cl2N3O2. The maximum Gasteiger partial charge on any atom is 0.247 e. The van der Waals surface area contributed by atoms with E-state index in [4.69, 9.17) is 23.2 Å². The number of hydrogen-bond acceptors (Lipinski definition) is 3. The summed E-state index contributed by atoms with van der Waals surface area (Å²) in [5, 5.41) is 3.69. The van der Waals surface area contributed by atoms with Crippen molar-refractivity contribution in [3.63, 3.8) is 0 Å². The van der Waals surface area contributed by atoms with E-state index in [1.165, 1.54) is 11.3 Å². The molecular weight excluding hydrogens is 409 g/mol. The van der Waals surface area contributed by atoms with Crippen molar-refractivity contribution in [3.8, 4) is 0 Å². The molecule has 2 amide bonds. The van der Waals surface area contributed by atoms with Crippen LogP contribution >= 0.6 is 23.2 Å². The molecule has 0 saturated heterocycles. The number of pyridine rings is 1. The fourth-order valence-electron chi connectivity index (χ4n) is 3.76. The van der Waals surface area contributed by atoms with Gasteiger partial charge >= 0.3 is 0 Å². The van der Waals surface area contributed by atoms with Crippen molar-refractivity contribution < 1.29 is 9.59 Å². The average Bonchev–Trinajstić information content (AvgIpc) is 2.75. The Balaban J connectivity index is 1.92. The zero-order chi connectivity index (χ0) is 20.6. The van der Waals surface area contributed by atoms with E-state index in [2.05, 4.69) is 10.3 Å². The second kappa shape index (κ2) is 10.6. The van der Waals surface area contributed by atoms with Gasteiger partial charge in [-0.3, -0.25) is 14.6 Å². The highest BCUT2D eigenvalue weighted by Gasteiger charge is 2.32. The summed E-state index contributed by atoms with van der Waals surface area (Å²) in [4.78, 5) is 31.7. The molecule has 0 bridgehead atoms. The Hall–Kier alpha value is -2.11. The molecule has 1 heterocycles. The fourth-order valence-corrected chi connectivity index (χ4v) is 4.11. The monoisotopic (exact) mass is 433 g/mol. The minimum Gasteiger partial charge on any atom is -0.351 e. The van der Waals surface area contributed by atoms with Crippen LogP contribution in [0.3, 0.4) is 0 Å². The highest BCUT2D eigenvalue weighted by atomic mass is 35.5. The van der Waals surface area contributed by atoms with Crippen LogP contribution in [0.2, 0.25) is 5.02 Å². The van der Waals surface area contributed by atoms with Crippen LogP contribution in [0.25, 0.3) is 0 Å². The average molecular weight is 434 g/mol. The van der Waals surface area contributed by atoms with Gasteiger partial charge in [0.2, 0.25) is 11.8 Å². The zero-order valence-electron chi connectivity index (χ0n) is 16.2. The summed E-state index contributed by atoms with van der Waals surface area (Å²) in [6.07, 6.45) is 8.57. The van der Waals surface area contributed by atoms with E-state index in [0.29, 0.717) is 10.6 Å². The van der Waals surface area contributed by atoms with Crippen LogP contribution in [0.15, 0.2) is 48.8 Å². The molecule has 2 aromatic rings. The number of carbonyl (C=O) groups is 2. The van der Waals surface area contributed by atoms with Gasteiger partial charge in [-0.05, 0) is 42.2 Å². The molecule has 1 N–H and O–H groups in total. The number of amides is 2. The Kier molecular flexibility index (Phi) is 7.90. The lowest BCUT2D eigenvalue weighted by molar-refractivity contribution is -0.140. The number of hydrogen-bond donors (Lipinski definition) is 1. The second-order valence-corrected chi connectivity index (χ2v) is 7.95. The second-order valence-electron chi connectivity index (χ2n) is 7.27. The summed E-state index contributed by atoms with van der Waals surface area (Å²) >= 11 is 12.2. The smallest absolute Gasteiger partial charge is 0.247 e. The lowest BCUT2D eigenvalue weighted by Crippen LogP contribution is -2.47. The summed E-state index contributed by atoms with van der Waals surface area (Å²) in [5.41, 5.74) is 1.45. The number of alkyl halides is 1. The highest BCUT2D eigenvalue weighted by Crippen LogP contribution is 2.27. The number of nitrogens with zero attached hydrogens (tertiary/aromatic N) is 2. The van der Waals surface area contributed by atoms with Crippen molar-refractivity contribution in [2.45, 2.75) is 50.7 Å². The van der Waals surface area contributed by atoms with Crippen LogP contribution < -0.4 is 5.32 Å². The lowest BCUT2D eigenvalue weighted by atomic mass is 9.94. The Morgan fingerprint density at radius 1 is 1.10 bits per heavy atom. The molecule has 1 aliphatic rings. The summed E-state index contributed by atoms with van der Waals surface area (Å²) < 4.78 is 0. The topological polar surface area (TPSA) is 62.3 Å². The quantitative estimate of drug-likeness (QED) is 0.653. The van der Waals surface area contributed by atoms with Crippen LogP contribution in [0, 0.1) is 0 Å². The molecule has 29 heavy (non-hydrogen) atoms. The maximum absolute atomic E-state index is 13.3. The molecule has 0 unspecified atom stereocenters. The van der Waals surface area contributed by atoms with Crippen molar-refractivity contribution in [3.05, 3.63) is 64.9 Å². The Morgan fingerprint density at radius 3 is 2.45 bits per heavy atom. The SMILES string of the molecule is O=C(NC1CCCCC1)[C@@H](c1ccncc1)N(Cc1ccccc1Cl)C(=O)CCl. The Bertz CT molecular complexity index is 826. The first-order valence-electron chi connectivity index (χ1n) is 9.89. The van der Waals surface area contributed by atoms with Crippen LogP contribution in [0.5, 0.6) is 0 Å². The normalized spacial score (nSPS) is 15.5. The number of rotatable bonds is 7. The molecule has 0 aliphatic heterocycles. The standard InChI is InChI=1S/C22H25Cl2N3O2/c23-14-20(28)27(15-17-6-4-5-9-19(17)24)21(16-10-12-25-13-11-16)22(29)26-18-7-2-1-3-8-18/h4-6,9-13,18,21H,1-3,7-8,14-15H2,(H,26,29)/t21-/m1/s1. The number of benzene rings is 1. The van der Waals surface area contributed by atoms with Crippen molar-refractivity contribution in [1.29, 1.82) is 0 Å². The highest BCUT2D eigenvalue weighted by molar-refractivity contribution is 6.31. The molecule has 1 aromatic carbocycles. The summed E-state index contributed by atoms with van der Waals surface area (Å²) in [5.74, 6) is -0.747. The molecule has 1 aromatic heterocycles. The molecule has 1 saturated carbocycles. The minimum absolute atomic E-state index is 0.133. The first kappa shape index (κ1) is 21.6. The third kappa shape index (κ3) is 5.71. The molecule has 5 nitrogen and oxygen atoms in total. The van der Waals surface area contributed by atoms with E-state index in [1.807, 2.05) is 18.2 Å². The Labute approximate surface area is 181 Å². The molecule has 1 atom stereocenters. The maximum atomic E-state index is 13.3. The van der Waals surface area contributed by atoms with E-state index >= 15 is 0 Å². The minimum atomic E-state index is -0.803. The predicted octanol–water partition coefficient (Wildman–Crippen LogP) is 4.49. The van der Waals surface area contributed by atoms with Gasteiger partial charge in [-0.2, -0.15) is 0 Å². The fraction of sp³-hybridized carbons (Fsp3) is 0.409. The lowest BCUT2D eigenvalue weighted by Gasteiger charge is -2.33. The third-order valence-corrected chi connectivity index (χ3v) is 5.86. The first-order valence-corrected chi connectivity index (χ1v) is 10.8. The van der Waals surface area contributed by atoms with E-state index in [0.717, 1.165) is 31.2 Å². The van der Waals surface area contributed by atoms with Gasteiger partial charge in [0.05, 0.1) is 0 Å². The zero-order valence-corrected chi connectivity index (χ0v) is 17.7. The molecule has 1 aliphatic carbocycles. The summed E-state index contributed by atoms with van der Waals surface area (Å²) in [6, 6.07) is 10.1.